The van der Waals surface area contributed by atoms with Gasteiger partial charge in [-0.1, -0.05) is 0 Å². The van der Waals surface area contributed by atoms with Gasteiger partial charge in [0.05, 0.1) is 12.2 Å². The summed E-state index contributed by atoms with van der Waals surface area (Å²) in [5, 5.41) is 34.9. The average molecular weight is 150 g/mol. The Hall–Kier alpha value is -0.160. The number of aliphatic hydroxyl groups is 4. The van der Waals surface area contributed by atoms with Gasteiger partial charge < -0.3 is 20.4 Å². The second-order valence-electron chi connectivity index (χ2n) is 2.53. The van der Waals surface area contributed by atoms with Gasteiger partial charge in [0.1, 0.15) is 6.10 Å². The van der Waals surface area contributed by atoms with E-state index >= 15 is 0 Å². The molecule has 4 N–H and O–H groups in total. The summed E-state index contributed by atoms with van der Waals surface area (Å²) in [5.74, 6) is 0. The summed E-state index contributed by atoms with van der Waals surface area (Å²) in [6, 6.07) is 0. The molecule has 0 bridgehead atoms. The molecule has 2 atom stereocenters. The van der Waals surface area contributed by atoms with Crippen LogP contribution in [0.15, 0.2) is 0 Å². The molecule has 0 fully saturated rings. The highest BCUT2D eigenvalue weighted by Gasteiger charge is 2.28. The molecular formula is C6H14O4. The van der Waals surface area contributed by atoms with E-state index in [0.29, 0.717) is 0 Å². The molecule has 0 amide bonds. The van der Waals surface area contributed by atoms with Crippen molar-refractivity contribution in [3.05, 3.63) is 0 Å². The molecule has 0 aliphatic carbocycles. The van der Waals surface area contributed by atoms with E-state index in [-0.39, 0.29) is 13.0 Å². The maximum absolute atomic E-state index is 9.21. The predicted octanol–water partition coefficient (Wildman–Crippen LogP) is -1.53. The van der Waals surface area contributed by atoms with Crippen molar-refractivity contribution in [1.82, 2.24) is 0 Å². The third-order valence-electron chi connectivity index (χ3n) is 1.51. The van der Waals surface area contributed by atoms with E-state index in [1.807, 2.05) is 0 Å². The number of hydrogen-bond acceptors (Lipinski definition) is 4. The Bertz CT molecular complexity index is 91.7. The summed E-state index contributed by atoms with van der Waals surface area (Å²) in [7, 11) is 0. The molecule has 62 valence electrons. The topological polar surface area (TPSA) is 80.9 Å². The van der Waals surface area contributed by atoms with Gasteiger partial charge in [0, 0.05) is 13.0 Å². The molecule has 0 radical (unpaired) electrons. The monoisotopic (exact) mass is 150 g/mol. The third kappa shape index (κ3) is 2.62. The van der Waals surface area contributed by atoms with Gasteiger partial charge in [-0.2, -0.15) is 0 Å². The van der Waals surface area contributed by atoms with E-state index in [4.69, 9.17) is 15.3 Å². The molecule has 4 nitrogen and oxygen atoms in total. The molecule has 0 saturated carbocycles. The maximum Gasteiger partial charge on any atom is 0.105 e. The van der Waals surface area contributed by atoms with Gasteiger partial charge >= 0.3 is 0 Å². The Kier molecular flexibility index (Phi) is 3.81. The minimum absolute atomic E-state index is 0.0642. The zero-order valence-electron chi connectivity index (χ0n) is 5.99. The summed E-state index contributed by atoms with van der Waals surface area (Å²) >= 11 is 0. The number of hydrogen-bond donors (Lipinski definition) is 4. The van der Waals surface area contributed by atoms with Crippen LogP contribution in [-0.4, -0.2) is 45.3 Å². The van der Waals surface area contributed by atoms with E-state index in [9.17, 15) is 5.11 Å². The van der Waals surface area contributed by atoms with E-state index < -0.39 is 18.3 Å². The molecule has 0 saturated heterocycles. The van der Waals surface area contributed by atoms with Gasteiger partial charge in [-0.25, -0.2) is 0 Å². The number of rotatable bonds is 4. The van der Waals surface area contributed by atoms with Crippen molar-refractivity contribution in [2.45, 2.75) is 25.0 Å². The summed E-state index contributed by atoms with van der Waals surface area (Å²) in [4.78, 5) is 0. The normalized spacial score (nSPS) is 20.1. The average Bonchev–Trinajstić information content (AvgIpc) is 1.86. The van der Waals surface area contributed by atoms with Crippen LogP contribution in [0, 0.1) is 0 Å². The van der Waals surface area contributed by atoms with Crippen LogP contribution >= 0.6 is 0 Å². The quantitative estimate of drug-likeness (QED) is 0.392. The fourth-order valence-electron chi connectivity index (χ4n) is 0.590. The molecule has 0 aliphatic heterocycles. The minimum Gasteiger partial charge on any atom is -0.396 e. The van der Waals surface area contributed by atoms with E-state index in [1.54, 1.807) is 0 Å². The number of aliphatic hydroxyl groups excluding tert-OH is 3. The lowest BCUT2D eigenvalue weighted by Gasteiger charge is -2.26. The second kappa shape index (κ2) is 3.88. The third-order valence-corrected chi connectivity index (χ3v) is 1.51. The van der Waals surface area contributed by atoms with Crippen LogP contribution in [0.1, 0.15) is 13.3 Å². The highest BCUT2D eigenvalue weighted by Crippen LogP contribution is 2.13. The van der Waals surface area contributed by atoms with Gasteiger partial charge in [-0.3, -0.25) is 0 Å². The Morgan fingerprint density at radius 2 is 1.90 bits per heavy atom. The first-order chi connectivity index (χ1) is 4.54. The first-order valence-corrected chi connectivity index (χ1v) is 3.16. The van der Waals surface area contributed by atoms with Gasteiger partial charge in [-0.05, 0) is 6.92 Å². The Morgan fingerprint density at radius 1 is 1.40 bits per heavy atom. The molecule has 0 rings (SSSR count). The van der Waals surface area contributed by atoms with Crippen molar-refractivity contribution in [2.75, 3.05) is 13.2 Å². The fraction of sp³-hybridized carbons (Fsp3) is 1.00. The zero-order valence-corrected chi connectivity index (χ0v) is 5.99. The van der Waals surface area contributed by atoms with Crippen LogP contribution in [-0.2, 0) is 0 Å². The lowest BCUT2D eigenvalue weighted by Crippen LogP contribution is -2.42. The van der Waals surface area contributed by atoms with Crippen molar-refractivity contribution in [1.29, 1.82) is 0 Å². The SMILES string of the molecule is CC(O)(CCO)C(O)CO. The first kappa shape index (κ1) is 9.84. The van der Waals surface area contributed by atoms with Crippen molar-refractivity contribution in [2.24, 2.45) is 0 Å². The highest BCUT2D eigenvalue weighted by molar-refractivity contribution is 4.80. The lowest BCUT2D eigenvalue weighted by atomic mass is 9.96. The predicted molar refractivity (Wildman–Crippen MR) is 35.4 cm³/mol. The summed E-state index contributed by atoms with van der Waals surface area (Å²) < 4.78 is 0. The van der Waals surface area contributed by atoms with E-state index in [2.05, 4.69) is 0 Å². The van der Waals surface area contributed by atoms with E-state index in [1.165, 1.54) is 6.92 Å². The smallest absolute Gasteiger partial charge is 0.105 e. The van der Waals surface area contributed by atoms with Crippen LogP contribution in [0.4, 0.5) is 0 Å². The van der Waals surface area contributed by atoms with Crippen LogP contribution in [0.2, 0.25) is 0 Å². The minimum atomic E-state index is -1.39. The van der Waals surface area contributed by atoms with Crippen molar-refractivity contribution in [3.8, 4) is 0 Å². The molecule has 4 heteroatoms. The Morgan fingerprint density at radius 3 is 2.20 bits per heavy atom. The summed E-state index contributed by atoms with van der Waals surface area (Å²) in [6.07, 6.45) is -1.12. The summed E-state index contributed by atoms with van der Waals surface area (Å²) in [6.45, 7) is 0.668. The largest absolute Gasteiger partial charge is 0.396 e. The molecule has 0 aromatic heterocycles. The van der Waals surface area contributed by atoms with Crippen LogP contribution in [0.25, 0.3) is 0 Å². The molecule has 0 aliphatic rings. The molecule has 0 spiro atoms. The standard InChI is InChI=1S/C6H14O4/c1-6(10,2-3-7)5(9)4-8/h5,7-10H,2-4H2,1H3. The van der Waals surface area contributed by atoms with Gasteiger partial charge in [0.25, 0.3) is 0 Å². The molecule has 0 aromatic carbocycles. The van der Waals surface area contributed by atoms with Crippen molar-refractivity contribution in [3.63, 3.8) is 0 Å². The Balaban J connectivity index is 3.82. The highest BCUT2D eigenvalue weighted by atomic mass is 16.4. The van der Waals surface area contributed by atoms with E-state index in [0.717, 1.165) is 0 Å². The summed E-state index contributed by atoms with van der Waals surface area (Å²) in [5.41, 5.74) is -1.39. The zero-order chi connectivity index (χ0) is 8.20. The lowest BCUT2D eigenvalue weighted by molar-refractivity contribution is -0.0930. The Labute approximate surface area is 59.7 Å². The van der Waals surface area contributed by atoms with Crippen LogP contribution in [0.5, 0.6) is 0 Å². The van der Waals surface area contributed by atoms with Crippen molar-refractivity contribution >= 4 is 0 Å². The van der Waals surface area contributed by atoms with Gasteiger partial charge in [0.2, 0.25) is 0 Å². The molecular weight excluding hydrogens is 136 g/mol. The maximum atomic E-state index is 9.21. The van der Waals surface area contributed by atoms with Crippen LogP contribution < -0.4 is 0 Å². The first-order valence-electron chi connectivity index (χ1n) is 3.16. The molecule has 10 heavy (non-hydrogen) atoms. The van der Waals surface area contributed by atoms with Gasteiger partial charge in [0.15, 0.2) is 0 Å². The molecule has 0 aromatic rings. The second-order valence-corrected chi connectivity index (χ2v) is 2.53. The van der Waals surface area contributed by atoms with Crippen molar-refractivity contribution < 1.29 is 20.4 Å². The molecule has 2 unspecified atom stereocenters. The molecule has 0 heterocycles. The van der Waals surface area contributed by atoms with Crippen LogP contribution in [0.3, 0.4) is 0 Å². The van der Waals surface area contributed by atoms with Gasteiger partial charge in [-0.15, -0.1) is 0 Å². The fourth-order valence-corrected chi connectivity index (χ4v) is 0.590.